The molecule has 2 N–H and O–H groups in total. The van der Waals surface area contributed by atoms with Gasteiger partial charge in [0.05, 0.1) is 40.9 Å². The number of rotatable bonds is 7. The first-order chi connectivity index (χ1) is 23.8. The van der Waals surface area contributed by atoms with Crippen LogP contribution in [-0.2, 0) is 38.3 Å². The van der Waals surface area contributed by atoms with Crippen molar-refractivity contribution in [1.82, 2.24) is 29.0 Å². The minimum atomic E-state index is -4.62. The number of benzene rings is 1. The summed E-state index contributed by atoms with van der Waals surface area (Å²) in [4.78, 5) is 64.7. The maximum absolute atomic E-state index is 14.1. The average molecular weight is 718 g/mol. The van der Waals surface area contributed by atoms with Gasteiger partial charge in [0.1, 0.15) is 18.5 Å². The second-order valence-corrected chi connectivity index (χ2v) is 11.9. The first kappa shape index (κ1) is 34.6. The lowest BCUT2D eigenvalue weighted by molar-refractivity contribution is -0.143. The van der Waals surface area contributed by atoms with Gasteiger partial charge in [-0.3, -0.25) is 24.5 Å². The third-order valence-electron chi connectivity index (χ3n) is 8.20. The van der Waals surface area contributed by atoms with Crippen molar-refractivity contribution in [2.75, 3.05) is 54.9 Å². The summed E-state index contributed by atoms with van der Waals surface area (Å²) in [6, 6.07) is 2.49. The van der Waals surface area contributed by atoms with E-state index in [0.717, 1.165) is 28.3 Å². The molecule has 1 aromatic carbocycles. The SMILES string of the molecule is CCc1c(N2CCN(C(=O)C(=O)Nc3nc(C)co3)CC2)c(=O)n2nc(C3=CCOCC3)nc2n1CC(=O)Nc1ccc(C(F)(F)F)cc1Cl. The van der Waals surface area contributed by atoms with E-state index in [-0.39, 0.29) is 66.6 Å². The molecule has 264 valence electrons. The van der Waals surface area contributed by atoms with Crippen LogP contribution in [0.2, 0.25) is 5.02 Å². The standard InChI is InChI=1S/C31H31ClF3N9O6/c1-3-22-24(41-8-10-42(11-9-41)28(48)26(46)39-29-36-17(2)16-50-29)27(47)44-30(38-25(40-44)18-6-12-49-13-7-18)43(22)15-23(45)37-21-5-4-19(14-20(21)32)31(33,34)35/h4-6,14,16H,3,7-13,15H2,1-2H3,(H,37,45)(H,36,39,46). The van der Waals surface area contributed by atoms with E-state index in [0.29, 0.717) is 31.0 Å². The van der Waals surface area contributed by atoms with Crippen LogP contribution < -0.4 is 21.1 Å². The summed E-state index contributed by atoms with van der Waals surface area (Å²) < 4.78 is 52.7. The summed E-state index contributed by atoms with van der Waals surface area (Å²) in [5, 5.41) is 9.09. The second-order valence-electron chi connectivity index (χ2n) is 11.5. The first-order valence-corrected chi connectivity index (χ1v) is 15.9. The van der Waals surface area contributed by atoms with Crippen molar-refractivity contribution < 1.29 is 36.7 Å². The molecule has 0 atom stereocenters. The van der Waals surface area contributed by atoms with Gasteiger partial charge in [-0.25, -0.2) is 0 Å². The first-order valence-electron chi connectivity index (χ1n) is 15.6. The zero-order chi connectivity index (χ0) is 35.7. The number of carbonyl (C=O) groups is 3. The van der Waals surface area contributed by atoms with Crippen LogP contribution in [0, 0.1) is 6.92 Å². The van der Waals surface area contributed by atoms with Crippen LogP contribution in [-0.4, -0.2) is 86.2 Å². The number of alkyl halides is 3. The molecule has 0 aliphatic carbocycles. The Kier molecular flexibility index (Phi) is 9.66. The summed E-state index contributed by atoms with van der Waals surface area (Å²) in [7, 11) is 0. The van der Waals surface area contributed by atoms with Gasteiger partial charge in [0, 0.05) is 26.2 Å². The van der Waals surface area contributed by atoms with Crippen molar-refractivity contribution in [3.8, 4) is 0 Å². The van der Waals surface area contributed by atoms with Gasteiger partial charge in [-0.1, -0.05) is 24.6 Å². The van der Waals surface area contributed by atoms with Gasteiger partial charge in [0.15, 0.2) is 5.82 Å². The molecule has 1 saturated heterocycles. The topological polar surface area (TPSA) is 169 Å². The summed E-state index contributed by atoms with van der Waals surface area (Å²) in [6.45, 7) is 4.38. The highest BCUT2D eigenvalue weighted by Crippen LogP contribution is 2.34. The van der Waals surface area contributed by atoms with Gasteiger partial charge in [-0.2, -0.15) is 27.7 Å². The Balaban J connectivity index is 1.30. The number of ether oxygens (including phenoxy) is 1. The Hall–Kier alpha value is -5.23. The molecule has 5 heterocycles. The Morgan fingerprint density at radius 3 is 2.46 bits per heavy atom. The van der Waals surface area contributed by atoms with Gasteiger partial charge < -0.3 is 28.8 Å². The van der Waals surface area contributed by atoms with Crippen LogP contribution in [0.4, 0.5) is 30.6 Å². The fourth-order valence-electron chi connectivity index (χ4n) is 5.76. The van der Waals surface area contributed by atoms with E-state index in [1.807, 2.05) is 6.08 Å². The zero-order valence-corrected chi connectivity index (χ0v) is 27.6. The highest BCUT2D eigenvalue weighted by molar-refractivity contribution is 6.39. The van der Waals surface area contributed by atoms with Crippen LogP contribution in [0.15, 0.2) is 39.7 Å². The summed E-state index contributed by atoms with van der Waals surface area (Å²) in [5.41, 5.74) is 0.459. The summed E-state index contributed by atoms with van der Waals surface area (Å²) >= 11 is 6.09. The molecule has 0 unspecified atom stereocenters. The molecule has 6 rings (SSSR count). The Morgan fingerprint density at radius 1 is 1.08 bits per heavy atom. The number of amides is 3. The second kappa shape index (κ2) is 13.9. The molecule has 0 saturated carbocycles. The number of fused-ring (bicyclic) bond motifs is 1. The average Bonchev–Trinajstić information content (AvgIpc) is 3.73. The lowest BCUT2D eigenvalue weighted by Gasteiger charge is -2.36. The largest absolute Gasteiger partial charge is 0.432 e. The van der Waals surface area contributed by atoms with Crippen molar-refractivity contribution in [2.24, 2.45) is 0 Å². The normalized spacial score (nSPS) is 15.3. The molecule has 2 aliphatic heterocycles. The Labute approximate surface area is 286 Å². The number of halogens is 4. The van der Waals surface area contributed by atoms with E-state index in [1.165, 1.54) is 15.7 Å². The lowest BCUT2D eigenvalue weighted by atomic mass is 10.1. The maximum atomic E-state index is 14.1. The predicted molar refractivity (Wildman–Crippen MR) is 174 cm³/mol. The molecule has 3 amide bonds. The fraction of sp³-hybridized carbons (Fsp3) is 0.387. The highest BCUT2D eigenvalue weighted by Gasteiger charge is 2.33. The van der Waals surface area contributed by atoms with Crippen molar-refractivity contribution >= 4 is 58.1 Å². The molecule has 0 bridgehead atoms. The molecule has 19 heteroatoms. The van der Waals surface area contributed by atoms with Crippen molar-refractivity contribution in [1.29, 1.82) is 0 Å². The minimum Gasteiger partial charge on any atom is -0.432 e. The van der Waals surface area contributed by atoms with Crippen LogP contribution in [0.5, 0.6) is 0 Å². The lowest BCUT2D eigenvalue weighted by Crippen LogP contribution is -2.53. The quantitative estimate of drug-likeness (QED) is 0.271. The number of oxazole rings is 1. The molecule has 0 spiro atoms. The van der Waals surface area contributed by atoms with E-state index in [4.69, 9.17) is 20.8 Å². The number of hydrogen-bond donors (Lipinski definition) is 2. The molecule has 2 aliphatic rings. The van der Waals surface area contributed by atoms with E-state index < -0.39 is 41.6 Å². The monoisotopic (exact) mass is 717 g/mol. The fourth-order valence-corrected chi connectivity index (χ4v) is 5.99. The molecule has 4 aromatic rings. The number of aromatic nitrogens is 5. The number of carbonyl (C=O) groups excluding carboxylic acids is 3. The number of aryl methyl sites for hydroxylation is 1. The van der Waals surface area contributed by atoms with E-state index >= 15 is 0 Å². The van der Waals surface area contributed by atoms with Gasteiger partial charge in [0.25, 0.3) is 5.56 Å². The van der Waals surface area contributed by atoms with Gasteiger partial charge in [0.2, 0.25) is 11.7 Å². The predicted octanol–water partition coefficient (Wildman–Crippen LogP) is 3.15. The van der Waals surface area contributed by atoms with Gasteiger partial charge in [-0.05, 0) is 43.5 Å². The summed E-state index contributed by atoms with van der Waals surface area (Å²) in [6.07, 6.45) is -0.702. The molecular formula is C31H31ClF3N9O6. The maximum Gasteiger partial charge on any atom is 0.416 e. The zero-order valence-electron chi connectivity index (χ0n) is 26.8. The smallest absolute Gasteiger partial charge is 0.416 e. The molecule has 0 radical (unpaired) electrons. The van der Waals surface area contributed by atoms with Gasteiger partial charge >= 0.3 is 24.0 Å². The van der Waals surface area contributed by atoms with Gasteiger partial charge in [-0.15, -0.1) is 5.10 Å². The molecular weight excluding hydrogens is 687 g/mol. The van der Waals surface area contributed by atoms with E-state index in [2.05, 4.69) is 25.7 Å². The highest BCUT2D eigenvalue weighted by atomic mass is 35.5. The van der Waals surface area contributed by atoms with Crippen LogP contribution >= 0.6 is 11.6 Å². The summed E-state index contributed by atoms with van der Waals surface area (Å²) in [5.74, 6) is -2.00. The third-order valence-corrected chi connectivity index (χ3v) is 8.51. The number of piperazine rings is 1. The van der Waals surface area contributed by atoms with E-state index in [9.17, 15) is 32.3 Å². The minimum absolute atomic E-state index is 0.0303. The van der Waals surface area contributed by atoms with Crippen molar-refractivity contribution in [3.05, 3.63) is 68.7 Å². The van der Waals surface area contributed by atoms with Crippen LogP contribution in [0.25, 0.3) is 11.4 Å². The van der Waals surface area contributed by atoms with Crippen molar-refractivity contribution in [2.45, 2.75) is 39.4 Å². The van der Waals surface area contributed by atoms with Crippen molar-refractivity contribution in [3.63, 3.8) is 0 Å². The molecule has 15 nitrogen and oxygen atoms in total. The molecule has 3 aromatic heterocycles. The van der Waals surface area contributed by atoms with E-state index in [1.54, 1.807) is 18.7 Å². The molecule has 50 heavy (non-hydrogen) atoms. The third kappa shape index (κ3) is 7.07. The van der Waals surface area contributed by atoms with Crippen LogP contribution in [0.3, 0.4) is 0 Å². The van der Waals surface area contributed by atoms with Crippen LogP contribution in [0.1, 0.15) is 36.1 Å². The Morgan fingerprint density at radius 2 is 1.84 bits per heavy atom. The molecule has 1 fully saturated rings. The number of nitrogens with zero attached hydrogens (tertiary/aromatic N) is 7. The Bertz CT molecular complexity index is 2060. The number of hydrogen-bond acceptors (Lipinski definition) is 10. The number of nitrogens with one attached hydrogen (secondary N) is 2. The number of anilines is 3.